The van der Waals surface area contributed by atoms with Crippen molar-refractivity contribution in [1.29, 1.82) is 0 Å². The number of hydrogen-bond acceptors (Lipinski definition) is 1. The van der Waals surface area contributed by atoms with E-state index in [0.717, 1.165) is 19.3 Å². The molecule has 0 bridgehead atoms. The molecule has 0 amide bonds. The fraction of sp³-hybridized carbons (Fsp3) is 0.909. The number of rotatable bonds is 3. The maximum atomic E-state index is 11.7. The highest BCUT2D eigenvalue weighted by atomic mass is 16.1. The first-order valence-electron chi connectivity index (χ1n) is 5.29. The van der Waals surface area contributed by atoms with Crippen LogP contribution in [-0.4, -0.2) is 5.78 Å². The lowest BCUT2D eigenvalue weighted by atomic mass is 9.81. The molecule has 1 heteroatoms. The van der Waals surface area contributed by atoms with Gasteiger partial charge in [0.2, 0.25) is 0 Å². The first kappa shape index (κ1) is 9.76. The summed E-state index contributed by atoms with van der Waals surface area (Å²) in [6, 6.07) is 0. The third kappa shape index (κ3) is 2.33. The van der Waals surface area contributed by atoms with Gasteiger partial charge in [-0.2, -0.15) is 0 Å². The summed E-state index contributed by atoms with van der Waals surface area (Å²) in [5, 5.41) is 0. The highest BCUT2D eigenvalue weighted by Crippen LogP contribution is 2.27. The average molecular weight is 168 g/mol. The molecule has 0 unspecified atom stereocenters. The molecule has 0 aliphatic heterocycles. The molecule has 0 aromatic rings. The number of Topliss-reactive ketones (excluding diaryl/α,β-unsaturated/α-hetero) is 1. The van der Waals surface area contributed by atoms with Crippen molar-refractivity contribution < 1.29 is 4.79 Å². The lowest BCUT2D eigenvalue weighted by Gasteiger charge is -2.22. The maximum absolute atomic E-state index is 11.7. The number of hydrogen-bond donors (Lipinski definition) is 0. The predicted molar refractivity (Wildman–Crippen MR) is 51.0 cm³/mol. The Kier molecular flexibility index (Phi) is 3.77. The molecule has 0 aromatic carbocycles. The highest BCUT2D eigenvalue weighted by molar-refractivity contribution is 5.83. The van der Waals surface area contributed by atoms with Crippen molar-refractivity contribution in [1.82, 2.24) is 0 Å². The quantitative estimate of drug-likeness (QED) is 0.632. The fourth-order valence-corrected chi connectivity index (χ4v) is 1.99. The van der Waals surface area contributed by atoms with Crippen molar-refractivity contribution in [2.75, 3.05) is 0 Å². The average Bonchev–Trinajstić information content (AvgIpc) is 2.17. The van der Waals surface area contributed by atoms with E-state index in [2.05, 4.69) is 13.8 Å². The van der Waals surface area contributed by atoms with Gasteiger partial charge in [0.1, 0.15) is 5.78 Å². The highest BCUT2D eigenvalue weighted by Gasteiger charge is 2.23. The minimum Gasteiger partial charge on any atom is -0.299 e. The molecule has 1 atom stereocenters. The first-order chi connectivity index (χ1) is 5.75. The second-order valence-electron chi connectivity index (χ2n) is 4.05. The zero-order valence-corrected chi connectivity index (χ0v) is 8.31. The Labute approximate surface area is 75.5 Å². The van der Waals surface area contributed by atoms with Gasteiger partial charge in [0, 0.05) is 11.8 Å². The van der Waals surface area contributed by atoms with E-state index in [1.807, 2.05) is 0 Å². The molecular weight excluding hydrogens is 148 g/mol. The Bertz CT molecular complexity index is 145. The molecule has 1 rings (SSSR count). The molecule has 0 spiro atoms. The molecule has 12 heavy (non-hydrogen) atoms. The van der Waals surface area contributed by atoms with E-state index < -0.39 is 0 Å². The molecule has 70 valence electrons. The van der Waals surface area contributed by atoms with Crippen LogP contribution in [0.3, 0.4) is 0 Å². The molecule has 0 saturated heterocycles. The third-order valence-electron chi connectivity index (χ3n) is 3.11. The standard InChI is InChI=1S/C11H20O/c1-3-9(2)11(12)10-7-5-4-6-8-10/h9-10H,3-8H2,1-2H3/t9-/m1/s1. The van der Waals surface area contributed by atoms with Gasteiger partial charge < -0.3 is 0 Å². The largest absolute Gasteiger partial charge is 0.299 e. The second-order valence-corrected chi connectivity index (χ2v) is 4.05. The van der Waals surface area contributed by atoms with E-state index in [1.54, 1.807) is 0 Å². The smallest absolute Gasteiger partial charge is 0.138 e. The van der Waals surface area contributed by atoms with Gasteiger partial charge in [-0.15, -0.1) is 0 Å². The van der Waals surface area contributed by atoms with Gasteiger partial charge in [-0.3, -0.25) is 4.79 Å². The van der Waals surface area contributed by atoms with Gasteiger partial charge in [0.05, 0.1) is 0 Å². The van der Waals surface area contributed by atoms with Crippen LogP contribution >= 0.6 is 0 Å². The van der Waals surface area contributed by atoms with Crippen LogP contribution in [0.25, 0.3) is 0 Å². The Balaban J connectivity index is 2.39. The van der Waals surface area contributed by atoms with E-state index in [0.29, 0.717) is 17.6 Å². The van der Waals surface area contributed by atoms with Gasteiger partial charge in [0.25, 0.3) is 0 Å². The Morgan fingerprint density at radius 1 is 1.33 bits per heavy atom. The van der Waals surface area contributed by atoms with Crippen LogP contribution in [-0.2, 0) is 4.79 Å². The van der Waals surface area contributed by atoms with Crippen LogP contribution in [0.15, 0.2) is 0 Å². The number of ketones is 1. The third-order valence-corrected chi connectivity index (χ3v) is 3.11. The molecule has 0 N–H and O–H groups in total. The molecule has 1 saturated carbocycles. The van der Waals surface area contributed by atoms with E-state index in [4.69, 9.17) is 0 Å². The zero-order valence-electron chi connectivity index (χ0n) is 8.31. The molecule has 1 nitrogen and oxygen atoms in total. The Morgan fingerprint density at radius 2 is 1.92 bits per heavy atom. The van der Waals surface area contributed by atoms with Crippen LogP contribution in [0.1, 0.15) is 52.4 Å². The fourth-order valence-electron chi connectivity index (χ4n) is 1.99. The van der Waals surface area contributed by atoms with Gasteiger partial charge in [0.15, 0.2) is 0 Å². The summed E-state index contributed by atoms with van der Waals surface area (Å²) in [4.78, 5) is 11.7. The van der Waals surface area contributed by atoms with Crippen LogP contribution in [0, 0.1) is 11.8 Å². The molecule has 0 heterocycles. The first-order valence-corrected chi connectivity index (χ1v) is 5.29. The molecule has 0 aromatic heterocycles. The van der Waals surface area contributed by atoms with Crippen LogP contribution < -0.4 is 0 Å². The summed E-state index contributed by atoms with van der Waals surface area (Å²) in [5.74, 6) is 1.24. The summed E-state index contributed by atoms with van der Waals surface area (Å²) >= 11 is 0. The van der Waals surface area contributed by atoms with Gasteiger partial charge in [-0.05, 0) is 19.3 Å². The van der Waals surface area contributed by atoms with Crippen molar-refractivity contribution in [3.63, 3.8) is 0 Å². The minimum atomic E-state index is 0.299. The van der Waals surface area contributed by atoms with Crippen molar-refractivity contribution in [2.24, 2.45) is 11.8 Å². The number of carbonyl (C=O) groups excluding carboxylic acids is 1. The SMILES string of the molecule is CC[C@@H](C)C(=O)C1CCCCC1. The monoisotopic (exact) mass is 168 g/mol. The minimum absolute atomic E-state index is 0.299. The summed E-state index contributed by atoms with van der Waals surface area (Å²) < 4.78 is 0. The lowest BCUT2D eigenvalue weighted by molar-refractivity contribution is -0.127. The van der Waals surface area contributed by atoms with Crippen LogP contribution in [0.4, 0.5) is 0 Å². The molecular formula is C11H20O. The molecule has 1 aliphatic carbocycles. The maximum Gasteiger partial charge on any atom is 0.138 e. The van der Waals surface area contributed by atoms with Gasteiger partial charge in [-0.25, -0.2) is 0 Å². The second kappa shape index (κ2) is 4.64. The van der Waals surface area contributed by atoms with E-state index in [-0.39, 0.29) is 0 Å². The van der Waals surface area contributed by atoms with Crippen molar-refractivity contribution in [3.05, 3.63) is 0 Å². The van der Waals surface area contributed by atoms with Crippen molar-refractivity contribution in [2.45, 2.75) is 52.4 Å². The van der Waals surface area contributed by atoms with Crippen LogP contribution in [0.2, 0.25) is 0 Å². The predicted octanol–water partition coefficient (Wildman–Crippen LogP) is 3.18. The van der Waals surface area contributed by atoms with Crippen molar-refractivity contribution in [3.8, 4) is 0 Å². The summed E-state index contributed by atoms with van der Waals surface area (Å²) in [6.45, 7) is 4.17. The lowest BCUT2D eigenvalue weighted by Crippen LogP contribution is -2.23. The molecule has 1 fully saturated rings. The van der Waals surface area contributed by atoms with E-state index in [9.17, 15) is 4.79 Å². The van der Waals surface area contributed by atoms with Crippen molar-refractivity contribution >= 4 is 5.78 Å². The van der Waals surface area contributed by atoms with Crippen LogP contribution in [0.5, 0.6) is 0 Å². The Hall–Kier alpha value is -0.330. The zero-order chi connectivity index (χ0) is 8.97. The van der Waals surface area contributed by atoms with E-state index >= 15 is 0 Å². The Morgan fingerprint density at radius 3 is 2.42 bits per heavy atom. The molecule has 0 radical (unpaired) electrons. The van der Waals surface area contributed by atoms with Gasteiger partial charge >= 0.3 is 0 Å². The normalized spacial score (nSPS) is 22.2. The summed E-state index contributed by atoms with van der Waals surface area (Å²) in [7, 11) is 0. The summed E-state index contributed by atoms with van der Waals surface area (Å²) in [5.41, 5.74) is 0. The number of carbonyl (C=O) groups is 1. The molecule has 1 aliphatic rings. The topological polar surface area (TPSA) is 17.1 Å². The van der Waals surface area contributed by atoms with E-state index in [1.165, 1.54) is 19.3 Å². The van der Waals surface area contributed by atoms with Gasteiger partial charge in [-0.1, -0.05) is 33.1 Å². The summed E-state index contributed by atoms with van der Waals surface area (Å²) in [6.07, 6.45) is 7.20.